The average molecular weight is 526 g/mol. The minimum Gasteiger partial charge on any atom is -0.508 e. The Morgan fingerprint density at radius 1 is 1.14 bits per heavy atom. The molecule has 2 aromatic heterocycles. The number of amides is 1. The van der Waals surface area contributed by atoms with E-state index in [2.05, 4.69) is 27.9 Å². The van der Waals surface area contributed by atoms with E-state index in [1.807, 2.05) is 12.1 Å². The van der Waals surface area contributed by atoms with Crippen LogP contribution in [-0.2, 0) is 28.9 Å². The monoisotopic (exact) mass is 525 g/mol. The highest BCUT2D eigenvalue weighted by Gasteiger charge is 2.19. The molecule has 37 heavy (non-hydrogen) atoms. The van der Waals surface area contributed by atoms with Gasteiger partial charge in [-0.3, -0.25) is 4.79 Å². The fourth-order valence-electron chi connectivity index (χ4n) is 4.33. The maximum absolute atomic E-state index is 11.2. The van der Waals surface area contributed by atoms with Crippen molar-refractivity contribution in [3.05, 3.63) is 53.3 Å². The van der Waals surface area contributed by atoms with Crippen LogP contribution in [0.4, 0.5) is 5.82 Å². The zero-order chi connectivity index (χ0) is 26.4. The first kappa shape index (κ1) is 26.5. The van der Waals surface area contributed by atoms with Gasteiger partial charge < -0.3 is 30.6 Å². The molecule has 0 aliphatic rings. The second-order valence-corrected chi connectivity index (χ2v) is 9.19. The normalized spacial score (nSPS) is 11.4. The Morgan fingerprint density at radius 2 is 1.97 bits per heavy atom. The summed E-state index contributed by atoms with van der Waals surface area (Å²) in [5, 5.41) is 24.1. The molecule has 0 spiro atoms. The zero-order valence-corrected chi connectivity index (χ0v) is 21.6. The number of ether oxygens (including phenoxy) is 1. The highest BCUT2D eigenvalue weighted by Crippen LogP contribution is 2.32. The van der Waals surface area contributed by atoms with Crippen LogP contribution in [0.3, 0.4) is 0 Å². The third kappa shape index (κ3) is 6.23. The van der Waals surface area contributed by atoms with Crippen LogP contribution in [0.1, 0.15) is 36.7 Å². The summed E-state index contributed by atoms with van der Waals surface area (Å²) in [7, 11) is 0. The molecule has 0 fully saturated rings. The lowest BCUT2D eigenvalue weighted by Crippen LogP contribution is -2.28. The Balaban J connectivity index is 1.68. The van der Waals surface area contributed by atoms with Crippen LogP contribution in [0.5, 0.6) is 11.5 Å². The van der Waals surface area contributed by atoms with E-state index < -0.39 is 0 Å². The smallest absolute Gasteiger partial charge is 0.235 e. The first-order valence-electron chi connectivity index (χ1n) is 12.4. The van der Waals surface area contributed by atoms with E-state index in [0.717, 1.165) is 47.1 Å². The molecule has 0 atom stereocenters. The largest absolute Gasteiger partial charge is 0.508 e. The van der Waals surface area contributed by atoms with Crippen LogP contribution >= 0.6 is 11.6 Å². The van der Waals surface area contributed by atoms with Gasteiger partial charge in [0.25, 0.3) is 0 Å². The van der Waals surface area contributed by atoms with Crippen LogP contribution in [0.25, 0.3) is 21.9 Å². The molecule has 2 heterocycles. The van der Waals surface area contributed by atoms with Crippen molar-refractivity contribution < 1.29 is 19.7 Å². The number of phenolic OH excluding ortho intramolecular Hbond substituents is 2. The lowest BCUT2D eigenvalue weighted by atomic mass is 10.1. The Kier molecular flexibility index (Phi) is 8.68. The van der Waals surface area contributed by atoms with Gasteiger partial charge in [0.15, 0.2) is 5.82 Å². The summed E-state index contributed by atoms with van der Waals surface area (Å²) in [6.45, 7) is 3.76. The molecule has 4 aromatic rings. The third-order valence-corrected chi connectivity index (χ3v) is 6.46. The molecule has 196 valence electrons. The van der Waals surface area contributed by atoms with Crippen LogP contribution in [-0.4, -0.2) is 56.3 Å². The van der Waals surface area contributed by atoms with Gasteiger partial charge in [-0.25, -0.2) is 9.97 Å². The summed E-state index contributed by atoms with van der Waals surface area (Å²) in [5.41, 5.74) is 10.2. The van der Waals surface area contributed by atoms with E-state index in [0.29, 0.717) is 49.6 Å². The molecule has 9 nitrogen and oxygen atoms in total. The van der Waals surface area contributed by atoms with Crippen molar-refractivity contribution >= 4 is 45.3 Å². The number of anilines is 1. The first-order valence-corrected chi connectivity index (χ1v) is 12.9. The summed E-state index contributed by atoms with van der Waals surface area (Å²) in [5.74, 6) is 1.12. The number of nitrogen functional groups attached to an aromatic ring is 1. The number of aromatic nitrogens is 3. The number of carbonyl (C=O) groups is 1. The number of fused-ring (bicyclic) bond motifs is 3. The fraction of sp³-hybridized carbons (Fsp3) is 0.370. The molecular formula is C27H32ClN5O4. The number of nitrogens with one attached hydrogen (secondary N) is 1. The highest BCUT2D eigenvalue weighted by molar-refractivity contribution is 6.27. The Hall–Kier alpha value is -3.56. The van der Waals surface area contributed by atoms with Gasteiger partial charge in [-0.1, -0.05) is 19.4 Å². The number of aryl methyl sites for hydroxylation is 1. The number of rotatable bonds is 12. The summed E-state index contributed by atoms with van der Waals surface area (Å²) in [6.07, 6.45) is 3.39. The predicted molar refractivity (Wildman–Crippen MR) is 145 cm³/mol. The molecule has 0 unspecified atom stereocenters. The summed E-state index contributed by atoms with van der Waals surface area (Å²) in [6, 6.07) is 10.5. The number of alkyl halides is 1. The molecule has 0 aliphatic heterocycles. The van der Waals surface area contributed by atoms with E-state index in [-0.39, 0.29) is 23.3 Å². The summed E-state index contributed by atoms with van der Waals surface area (Å²) < 4.78 is 7.73. The number of nitrogens with zero attached hydrogens (tertiary/aromatic N) is 3. The summed E-state index contributed by atoms with van der Waals surface area (Å²) >= 11 is 5.47. The molecule has 0 bridgehead atoms. The molecular weight excluding hydrogens is 494 g/mol. The predicted octanol–water partition coefficient (Wildman–Crippen LogP) is 3.88. The van der Waals surface area contributed by atoms with Crippen LogP contribution in [0, 0.1) is 0 Å². The van der Waals surface area contributed by atoms with Gasteiger partial charge in [-0.2, -0.15) is 0 Å². The number of benzene rings is 2. The molecule has 0 saturated heterocycles. The highest BCUT2D eigenvalue weighted by atomic mass is 35.5. The van der Waals surface area contributed by atoms with Crippen molar-refractivity contribution in [2.75, 3.05) is 31.4 Å². The standard InChI is InChI=1S/C27H32ClN5O4/c1-2-3-4-23-32-25-26(33(23)16-18-14-19(34)6-8-22(18)35)20-13-17(5-7-21(20)31-27(25)29)9-11-37-12-10-30-24(36)15-28/h5-8,13-14,34-35H,2-4,9-12,15-16H2,1H3,(H2,29,31)(H,30,36). The molecule has 0 aliphatic carbocycles. The van der Waals surface area contributed by atoms with Gasteiger partial charge in [-0.05, 0) is 48.7 Å². The van der Waals surface area contributed by atoms with Gasteiger partial charge in [0.2, 0.25) is 5.91 Å². The quantitative estimate of drug-likeness (QED) is 0.125. The molecule has 4 rings (SSSR count). The minimum absolute atomic E-state index is 0.0636. The molecule has 2 aromatic carbocycles. The number of carbonyl (C=O) groups excluding carboxylic acids is 1. The van der Waals surface area contributed by atoms with Crippen molar-refractivity contribution in [3.8, 4) is 11.5 Å². The topological polar surface area (TPSA) is 136 Å². The molecule has 0 radical (unpaired) electrons. The number of aromatic hydroxyl groups is 2. The van der Waals surface area contributed by atoms with Crippen molar-refractivity contribution in [2.45, 2.75) is 39.2 Å². The Morgan fingerprint density at radius 3 is 2.76 bits per heavy atom. The van der Waals surface area contributed by atoms with Crippen LogP contribution < -0.4 is 11.1 Å². The zero-order valence-electron chi connectivity index (χ0n) is 20.8. The maximum Gasteiger partial charge on any atom is 0.235 e. The van der Waals surface area contributed by atoms with E-state index in [9.17, 15) is 15.0 Å². The average Bonchev–Trinajstić information content (AvgIpc) is 3.26. The number of hydrogen-bond donors (Lipinski definition) is 4. The minimum atomic E-state index is -0.218. The number of halogens is 1. The Labute approximate surface area is 220 Å². The van der Waals surface area contributed by atoms with E-state index in [1.54, 1.807) is 6.07 Å². The second kappa shape index (κ2) is 12.1. The van der Waals surface area contributed by atoms with Gasteiger partial charge >= 0.3 is 0 Å². The van der Waals surface area contributed by atoms with Crippen molar-refractivity contribution in [1.29, 1.82) is 0 Å². The second-order valence-electron chi connectivity index (χ2n) is 8.92. The lowest BCUT2D eigenvalue weighted by molar-refractivity contribution is -0.118. The van der Waals surface area contributed by atoms with Gasteiger partial charge in [0, 0.05) is 23.9 Å². The van der Waals surface area contributed by atoms with E-state index in [1.165, 1.54) is 12.1 Å². The van der Waals surface area contributed by atoms with E-state index >= 15 is 0 Å². The van der Waals surface area contributed by atoms with E-state index in [4.69, 9.17) is 27.1 Å². The van der Waals surface area contributed by atoms with Crippen LogP contribution in [0.2, 0.25) is 0 Å². The van der Waals surface area contributed by atoms with Gasteiger partial charge in [-0.15, -0.1) is 11.6 Å². The molecule has 0 saturated carbocycles. The van der Waals surface area contributed by atoms with Gasteiger partial charge in [0.05, 0.1) is 30.8 Å². The van der Waals surface area contributed by atoms with Crippen molar-refractivity contribution in [3.63, 3.8) is 0 Å². The maximum atomic E-state index is 11.2. The number of hydrogen-bond acceptors (Lipinski definition) is 7. The fourth-order valence-corrected chi connectivity index (χ4v) is 4.42. The number of phenols is 2. The number of nitrogens with two attached hydrogens (primary N) is 1. The SMILES string of the molecule is CCCCc1nc2c(N)nc3ccc(CCOCCNC(=O)CCl)cc3c2n1Cc1cc(O)ccc1O. The van der Waals surface area contributed by atoms with Crippen molar-refractivity contribution in [2.24, 2.45) is 0 Å². The third-order valence-electron chi connectivity index (χ3n) is 6.22. The summed E-state index contributed by atoms with van der Waals surface area (Å²) in [4.78, 5) is 20.7. The first-order chi connectivity index (χ1) is 17.9. The lowest BCUT2D eigenvalue weighted by Gasteiger charge is -2.13. The number of imidazole rings is 1. The van der Waals surface area contributed by atoms with Gasteiger partial charge in [0.1, 0.15) is 28.7 Å². The number of unbranched alkanes of at least 4 members (excludes halogenated alkanes) is 1. The van der Waals surface area contributed by atoms with Crippen molar-refractivity contribution in [1.82, 2.24) is 19.9 Å². The molecule has 10 heteroatoms. The molecule has 5 N–H and O–H groups in total. The van der Waals surface area contributed by atoms with Crippen LogP contribution in [0.15, 0.2) is 36.4 Å². The molecule has 1 amide bonds. The number of pyridine rings is 1. The Bertz CT molecular complexity index is 1410.